The molecule has 0 aliphatic heterocycles. The van der Waals surface area contributed by atoms with Gasteiger partial charge in [0.1, 0.15) is 5.75 Å². The van der Waals surface area contributed by atoms with Gasteiger partial charge in [-0.25, -0.2) is 4.68 Å². The number of hydrogen-bond donors (Lipinski definition) is 1. The van der Waals surface area contributed by atoms with Gasteiger partial charge in [-0.05, 0) is 71.5 Å². The van der Waals surface area contributed by atoms with E-state index in [1.165, 1.54) is 5.56 Å². The maximum atomic E-state index is 13.2. The standard InChI is InChI=1S/C27H34N6O3/c1-6-24(26-29-30-31-33(26)11-12-35-4)32(16-20-9-7-8-10-25(20)36-5)17-22-15-21-13-18(2)19(3)14-23(21)28-27(22)34/h7-10,13-15,24H,6,11-12,16-17H2,1-5H3,(H,28,34). The lowest BCUT2D eigenvalue weighted by molar-refractivity contribution is 0.149. The molecule has 2 aromatic carbocycles. The molecular formula is C27H34N6O3. The van der Waals surface area contributed by atoms with Crippen LogP contribution in [0.4, 0.5) is 0 Å². The molecule has 0 radical (unpaired) electrons. The molecule has 0 saturated heterocycles. The summed E-state index contributed by atoms with van der Waals surface area (Å²) in [7, 11) is 3.33. The molecule has 36 heavy (non-hydrogen) atoms. The Balaban J connectivity index is 1.76. The van der Waals surface area contributed by atoms with Crippen molar-refractivity contribution in [3.63, 3.8) is 0 Å². The SMILES string of the molecule is CCC(c1nnnn1CCOC)N(Cc1ccccc1OC)Cc1cc2cc(C)c(C)cc2[nH]c1=O. The number of fused-ring (bicyclic) bond motifs is 1. The van der Waals surface area contributed by atoms with Crippen molar-refractivity contribution in [2.45, 2.75) is 52.9 Å². The van der Waals surface area contributed by atoms with Crippen LogP contribution in [-0.2, 0) is 24.4 Å². The van der Waals surface area contributed by atoms with Gasteiger partial charge in [0.25, 0.3) is 5.56 Å². The van der Waals surface area contributed by atoms with Gasteiger partial charge in [0.15, 0.2) is 5.82 Å². The minimum absolute atomic E-state index is 0.0930. The first-order chi connectivity index (χ1) is 17.4. The second-order valence-electron chi connectivity index (χ2n) is 9.04. The third kappa shape index (κ3) is 5.47. The maximum absolute atomic E-state index is 13.2. The molecule has 1 N–H and O–H groups in total. The number of aromatic nitrogens is 5. The summed E-state index contributed by atoms with van der Waals surface area (Å²) in [5.41, 5.74) is 4.81. The Bertz CT molecular complexity index is 1380. The first-order valence-electron chi connectivity index (χ1n) is 12.2. The van der Waals surface area contributed by atoms with E-state index < -0.39 is 0 Å². The Kier molecular flexibility index (Phi) is 8.12. The summed E-state index contributed by atoms with van der Waals surface area (Å²) < 4.78 is 12.7. The molecule has 0 aliphatic carbocycles. The number of H-pyrrole nitrogens is 1. The molecule has 9 nitrogen and oxygen atoms in total. The van der Waals surface area contributed by atoms with Gasteiger partial charge >= 0.3 is 0 Å². The van der Waals surface area contributed by atoms with Gasteiger partial charge in [-0.1, -0.05) is 25.1 Å². The van der Waals surface area contributed by atoms with E-state index in [0.29, 0.717) is 31.8 Å². The van der Waals surface area contributed by atoms with Crippen molar-refractivity contribution in [3.05, 3.63) is 80.9 Å². The molecule has 9 heteroatoms. The number of ether oxygens (including phenoxy) is 2. The van der Waals surface area contributed by atoms with Gasteiger partial charge in [-0.3, -0.25) is 9.69 Å². The van der Waals surface area contributed by atoms with Gasteiger partial charge in [0.05, 0.1) is 26.3 Å². The minimum Gasteiger partial charge on any atom is -0.496 e. The predicted octanol–water partition coefficient (Wildman–Crippen LogP) is 3.94. The minimum atomic E-state index is -0.128. The van der Waals surface area contributed by atoms with Gasteiger partial charge in [-0.15, -0.1) is 5.10 Å². The lowest BCUT2D eigenvalue weighted by Gasteiger charge is -2.30. The second-order valence-corrected chi connectivity index (χ2v) is 9.04. The van der Waals surface area contributed by atoms with E-state index in [1.54, 1.807) is 18.9 Å². The quantitative estimate of drug-likeness (QED) is 0.340. The van der Waals surface area contributed by atoms with E-state index in [1.807, 2.05) is 36.4 Å². The summed E-state index contributed by atoms with van der Waals surface area (Å²) in [4.78, 5) is 18.5. The van der Waals surface area contributed by atoms with Crippen molar-refractivity contribution in [2.75, 3.05) is 20.8 Å². The number of aromatic amines is 1. The van der Waals surface area contributed by atoms with Crippen LogP contribution in [0.25, 0.3) is 10.9 Å². The number of tetrazole rings is 1. The summed E-state index contributed by atoms with van der Waals surface area (Å²) in [6, 6.07) is 14.0. The lowest BCUT2D eigenvalue weighted by atomic mass is 10.0. The highest BCUT2D eigenvalue weighted by atomic mass is 16.5. The zero-order valence-corrected chi connectivity index (χ0v) is 21.6. The summed E-state index contributed by atoms with van der Waals surface area (Å²) in [6.45, 7) is 8.27. The number of nitrogens with zero attached hydrogens (tertiary/aromatic N) is 5. The zero-order chi connectivity index (χ0) is 25.7. The predicted molar refractivity (Wildman–Crippen MR) is 139 cm³/mol. The van der Waals surface area contributed by atoms with Crippen molar-refractivity contribution < 1.29 is 9.47 Å². The number of para-hydroxylation sites is 1. The third-order valence-electron chi connectivity index (χ3n) is 6.67. The molecule has 4 aromatic rings. The van der Waals surface area contributed by atoms with Crippen LogP contribution in [0.3, 0.4) is 0 Å². The highest BCUT2D eigenvalue weighted by Crippen LogP contribution is 2.29. The molecule has 4 rings (SSSR count). The fourth-order valence-corrected chi connectivity index (χ4v) is 4.58. The highest BCUT2D eigenvalue weighted by Gasteiger charge is 2.26. The maximum Gasteiger partial charge on any atom is 0.252 e. The van der Waals surface area contributed by atoms with Crippen LogP contribution in [0.15, 0.2) is 47.3 Å². The van der Waals surface area contributed by atoms with Crippen molar-refractivity contribution >= 4 is 10.9 Å². The largest absolute Gasteiger partial charge is 0.496 e. The number of benzene rings is 2. The Morgan fingerprint density at radius 2 is 1.81 bits per heavy atom. The summed E-state index contributed by atoms with van der Waals surface area (Å²) >= 11 is 0. The summed E-state index contributed by atoms with van der Waals surface area (Å²) in [5, 5.41) is 13.5. The third-order valence-corrected chi connectivity index (χ3v) is 6.67. The van der Waals surface area contributed by atoms with Gasteiger partial charge in [0, 0.05) is 36.8 Å². The van der Waals surface area contributed by atoms with Crippen LogP contribution in [-0.4, -0.2) is 50.9 Å². The Morgan fingerprint density at radius 1 is 1.06 bits per heavy atom. The van der Waals surface area contributed by atoms with E-state index in [4.69, 9.17) is 9.47 Å². The first-order valence-corrected chi connectivity index (χ1v) is 12.2. The van der Waals surface area contributed by atoms with Crippen LogP contribution >= 0.6 is 0 Å². The van der Waals surface area contributed by atoms with E-state index in [0.717, 1.165) is 40.0 Å². The highest BCUT2D eigenvalue weighted by molar-refractivity contribution is 5.80. The second kappa shape index (κ2) is 11.5. The number of hydrogen-bond acceptors (Lipinski definition) is 7. The van der Waals surface area contributed by atoms with Gasteiger partial charge in [0.2, 0.25) is 0 Å². The van der Waals surface area contributed by atoms with Crippen LogP contribution in [0.5, 0.6) is 5.75 Å². The van der Waals surface area contributed by atoms with E-state index in [2.05, 4.69) is 52.2 Å². The smallest absolute Gasteiger partial charge is 0.252 e. The topological polar surface area (TPSA) is 98.2 Å². The molecule has 0 fully saturated rings. The van der Waals surface area contributed by atoms with Gasteiger partial charge in [-0.2, -0.15) is 0 Å². The summed E-state index contributed by atoms with van der Waals surface area (Å²) in [6.07, 6.45) is 0.756. The lowest BCUT2D eigenvalue weighted by Crippen LogP contribution is -2.32. The Labute approximate surface area is 211 Å². The molecule has 0 saturated carbocycles. The molecule has 2 heterocycles. The van der Waals surface area contributed by atoms with Crippen molar-refractivity contribution in [3.8, 4) is 5.75 Å². The average molecular weight is 491 g/mol. The van der Waals surface area contributed by atoms with Crippen LogP contribution in [0, 0.1) is 13.8 Å². The fourth-order valence-electron chi connectivity index (χ4n) is 4.58. The average Bonchev–Trinajstić information content (AvgIpc) is 3.33. The number of aryl methyl sites for hydroxylation is 2. The molecule has 0 amide bonds. The van der Waals surface area contributed by atoms with Crippen molar-refractivity contribution in [2.24, 2.45) is 0 Å². The van der Waals surface area contributed by atoms with Crippen LogP contribution in [0.2, 0.25) is 0 Å². The molecule has 0 spiro atoms. The van der Waals surface area contributed by atoms with E-state index in [9.17, 15) is 4.79 Å². The Morgan fingerprint density at radius 3 is 2.56 bits per heavy atom. The van der Waals surface area contributed by atoms with Crippen LogP contribution in [0.1, 0.15) is 47.5 Å². The monoisotopic (exact) mass is 490 g/mol. The number of rotatable bonds is 11. The Hall–Kier alpha value is -3.56. The van der Waals surface area contributed by atoms with Crippen molar-refractivity contribution in [1.82, 2.24) is 30.1 Å². The van der Waals surface area contributed by atoms with E-state index >= 15 is 0 Å². The van der Waals surface area contributed by atoms with Gasteiger partial charge < -0.3 is 14.5 Å². The molecule has 190 valence electrons. The number of nitrogens with one attached hydrogen (secondary N) is 1. The van der Waals surface area contributed by atoms with Crippen LogP contribution < -0.4 is 10.3 Å². The normalized spacial score (nSPS) is 12.4. The molecule has 2 aromatic heterocycles. The van der Waals surface area contributed by atoms with Crippen molar-refractivity contribution in [1.29, 1.82) is 0 Å². The molecule has 0 bridgehead atoms. The first kappa shape index (κ1) is 25.5. The molecule has 1 atom stereocenters. The zero-order valence-electron chi connectivity index (χ0n) is 21.6. The molecular weight excluding hydrogens is 456 g/mol. The number of methoxy groups -OCH3 is 2. The molecule has 1 unspecified atom stereocenters. The number of pyridine rings is 1. The molecule has 0 aliphatic rings. The fraction of sp³-hybridized carbons (Fsp3) is 0.407. The van der Waals surface area contributed by atoms with E-state index in [-0.39, 0.29) is 11.6 Å². The summed E-state index contributed by atoms with van der Waals surface area (Å²) in [5.74, 6) is 1.54.